The van der Waals surface area contributed by atoms with Crippen molar-refractivity contribution in [2.75, 3.05) is 26.2 Å². The van der Waals surface area contributed by atoms with E-state index in [-0.39, 0.29) is 0 Å². The molecule has 2 rings (SSSR count). The average molecular weight is 282 g/mol. The van der Waals surface area contributed by atoms with Crippen LogP contribution in [0.5, 0.6) is 0 Å². The van der Waals surface area contributed by atoms with Crippen molar-refractivity contribution in [3.05, 3.63) is 35.4 Å². The minimum absolute atomic E-state index is 0.568. The monoisotopic (exact) mass is 282 g/mol. The lowest BCUT2D eigenvalue weighted by Crippen LogP contribution is -2.36. The van der Waals surface area contributed by atoms with Gasteiger partial charge in [0.15, 0.2) is 11.6 Å². The minimum atomic E-state index is -0.785. The number of likely N-dealkylation sites (tertiary alicyclic amines) is 1. The van der Waals surface area contributed by atoms with Gasteiger partial charge in [-0.2, -0.15) is 0 Å². The lowest BCUT2D eigenvalue weighted by molar-refractivity contribution is 0.199. The van der Waals surface area contributed by atoms with E-state index in [1.54, 1.807) is 6.07 Å². The summed E-state index contributed by atoms with van der Waals surface area (Å²) in [5, 5.41) is 3.32. The van der Waals surface area contributed by atoms with Crippen LogP contribution in [-0.2, 0) is 6.54 Å². The number of halogens is 2. The molecule has 1 N–H and O–H groups in total. The SMILES string of the molecule is CC(CNCc1ccc(F)c(F)c1)CN1CCCCC1. The molecule has 0 aliphatic carbocycles. The van der Waals surface area contributed by atoms with Crippen molar-refractivity contribution in [2.45, 2.75) is 32.7 Å². The van der Waals surface area contributed by atoms with Crippen LogP contribution in [0, 0.1) is 17.6 Å². The Kier molecular flexibility index (Phi) is 5.92. The van der Waals surface area contributed by atoms with Gasteiger partial charge in [0.25, 0.3) is 0 Å². The van der Waals surface area contributed by atoms with E-state index in [4.69, 9.17) is 0 Å². The predicted molar refractivity (Wildman–Crippen MR) is 77.5 cm³/mol. The fourth-order valence-corrected chi connectivity index (χ4v) is 2.76. The zero-order valence-corrected chi connectivity index (χ0v) is 12.2. The van der Waals surface area contributed by atoms with Gasteiger partial charge in [-0.3, -0.25) is 0 Å². The zero-order chi connectivity index (χ0) is 14.4. The third-order valence-corrected chi connectivity index (χ3v) is 3.82. The maximum absolute atomic E-state index is 13.1. The van der Waals surface area contributed by atoms with Crippen LogP contribution in [0.25, 0.3) is 0 Å². The van der Waals surface area contributed by atoms with E-state index in [1.165, 1.54) is 44.5 Å². The molecule has 1 unspecified atom stereocenters. The first-order valence-electron chi connectivity index (χ1n) is 7.52. The Morgan fingerprint density at radius 1 is 1.15 bits per heavy atom. The van der Waals surface area contributed by atoms with Crippen molar-refractivity contribution < 1.29 is 8.78 Å². The standard InChI is InChI=1S/C16H24F2N2/c1-13(12-20-7-3-2-4-8-20)10-19-11-14-5-6-15(17)16(18)9-14/h5-6,9,13,19H,2-4,7-8,10-12H2,1H3. The summed E-state index contributed by atoms with van der Waals surface area (Å²) in [5.41, 5.74) is 0.786. The third kappa shape index (κ3) is 4.84. The van der Waals surface area contributed by atoms with Crippen LogP contribution < -0.4 is 5.32 Å². The van der Waals surface area contributed by atoms with Crippen LogP contribution in [0.4, 0.5) is 8.78 Å². The molecular weight excluding hydrogens is 258 g/mol. The highest BCUT2D eigenvalue weighted by Crippen LogP contribution is 2.11. The van der Waals surface area contributed by atoms with E-state index in [9.17, 15) is 8.78 Å². The van der Waals surface area contributed by atoms with E-state index < -0.39 is 11.6 Å². The third-order valence-electron chi connectivity index (χ3n) is 3.82. The van der Waals surface area contributed by atoms with Crippen molar-refractivity contribution in [1.29, 1.82) is 0 Å². The Morgan fingerprint density at radius 3 is 2.60 bits per heavy atom. The molecule has 2 nitrogen and oxygen atoms in total. The summed E-state index contributed by atoms with van der Waals surface area (Å²) in [4.78, 5) is 2.52. The smallest absolute Gasteiger partial charge is 0.159 e. The highest BCUT2D eigenvalue weighted by Gasteiger charge is 2.13. The summed E-state index contributed by atoms with van der Waals surface area (Å²) >= 11 is 0. The van der Waals surface area contributed by atoms with Gasteiger partial charge in [-0.15, -0.1) is 0 Å². The van der Waals surface area contributed by atoms with Crippen molar-refractivity contribution in [3.63, 3.8) is 0 Å². The number of nitrogens with one attached hydrogen (secondary N) is 1. The van der Waals surface area contributed by atoms with Gasteiger partial charge in [0.1, 0.15) is 0 Å². The molecule has 0 saturated carbocycles. The number of hydrogen-bond acceptors (Lipinski definition) is 2. The molecular formula is C16H24F2N2. The Morgan fingerprint density at radius 2 is 1.90 bits per heavy atom. The first kappa shape index (κ1) is 15.4. The molecule has 0 spiro atoms. The highest BCUT2D eigenvalue weighted by atomic mass is 19.2. The number of nitrogens with zero attached hydrogens (tertiary/aromatic N) is 1. The van der Waals surface area contributed by atoms with E-state index >= 15 is 0 Å². The Hall–Kier alpha value is -1.00. The summed E-state index contributed by atoms with van der Waals surface area (Å²) in [5.74, 6) is -0.990. The Bertz CT molecular complexity index is 417. The lowest BCUT2D eigenvalue weighted by atomic mass is 10.1. The van der Waals surface area contributed by atoms with Crippen molar-refractivity contribution in [1.82, 2.24) is 10.2 Å². The van der Waals surface area contributed by atoms with Gasteiger partial charge in [0.05, 0.1) is 0 Å². The molecule has 20 heavy (non-hydrogen) atoms. The largest absolute Gasteiger partial charge is 0.312 e. The van der Waals surface area contributed by atoms with Gasteiger partial charge < -0.3 is 10.2 Å². The number of benzene rings is 1. The number of hydrogen-bond donors (Lipinski definition) is 1. The van der Waals surface area contributed by atoms with Crippen LogP contribution in [-0.4, -0.2) is 31.1 Å². The van der Waals surface area contributed by atoms with Crippen molar-refractivity contribution >= 4 is 0 Å². The van der Waals surface area contributed by atoms with Gasteiger partial charge in [-0.05, 0) is 56.1 Å². The summed E-state index contributed by atoms with van der Waals surface area (Å²) in [7, 11) is 0. The van der Waals surface area contributed by atoms with Crippen LogP contribution in [0.2, 0.25) is 0 Å². The molecule has 1 saturated heterocycles. The molecule has 1 aliphatic rings. The van der Waals surface area contributed by atoms with Crippen LogP contribution in [0.1, 0.15) is 31.7 Å². The summed E-state index contributed by atoms with van der Waals surface area (Å²) in [6.45, 7) is 7.26. The predicted octanol–water partition coefficient (Wildman–Crippen LogP) is 3.18. The maximum Gasteiger partial charge on any atom is 0.159 e. The van der Waals surface area contributed by atoms with Crippen LogP contribution >= 0.6 is 0 Å². The highest BCUT2D eigenvalue weighted by molar-refractivity contribution is 5.17. The Balaban J connectivity index is 1.67. The average Bonchev–Trinajstić information content (AvgIpc) is 2.44. The fourth-order valence-electron chi connectivity index (χ4n) is 2.76. The zero-order valence-electron chi connectivity index (χ0n) is 12.2. The molecule has 4 heteroatoms. The summed E-state index contributed by atoms with van der Waals surface area (Å²) < 4.78 is 25.9. The molecule has 1 atom stereocenters. The van der Waals surface area contributed by atoms with Gasteiger partial charge in [0, 0.05) is 13.1 Å². The van der Waals surface area contributed by atoms with Crippen molar-refractivity contribution in [2.24, 2.45) is 5.92 Å². The second kappa shape index (κ2) is 7.70. The van der Waals surface area contributed by atoms with E-state index in [0.717, 1.165) is 18.7 Å². The van der Waals surface area contributed by atoms with Gasteiger partial charge >= 0.3 is 0 Å². The van der Waals surface area contributed by atoms with Gasteiger partial charge in [-0.1, -0.05) is 19.4 Å². The molecule has 0 radical (unpaired) electrons. The second-order valence-corrected chi connectivity index (χ2v) is 5.85. The number of rotatable bonds is 6. The fraction of sp³-hybridized carbons (Fsp3) is 0.625. The van der Waals surface area contributed by atoms with E-state index in [2.05, 4.69) is 17.1 Å². The molecule has 0 bridgehead atoms. The van der Waals surface area contributed by atoms with Gasteiger partial charge in [0.2, 0.25) is 0 Å². The van der Waals surface area contributed by atoms with E-state index in [1.807, 2.05) is 0 Å². The van der Waals surface area contributed by atoms with Crippen molar-refractivity contribution in [3.8, 4) is 0 Å². The molecule has 1 fully saturated rings. The minimum Gasteiger partial charge on any atom is -0.312 e. The molecule has 0 amide bonds. The maximum atomic E-state index is 13.1. The summed E-state index contributed by atoms with van der Waals surface area (Å²) in [6.07, 6.45) is 3.99. The molecule has 1 aromatic rings. The lowest BCUT2D eigenvalue weighted by Gasteiger charge is -2.29. The Labute approximate surface area is 120 Å². The molecule has 1 aromatic carbocycles. The quantitative estimate of drug-likeness (QED) is 0.862. The molecule has 0 aromatic heterocycles. The number of piperidine rings is 1. The summed E-state index contributed by atoms with van der Waals surface area (Å²) in [6, 6.07) is 4.07. The van der Waals surface area contributed by atoms with Gasteiger partial charge in [-0.25, -0.2) is 8.78 Å². The normalized spacial score (nSPS) is 18.1. The van der Waals surface area contributed by atoms with Crippen LogP contribution in [0.15, 0.2) is 18.2 Å². The second-order valence-electron chi connectivity index (χ2n) is 5.85. The molecule has 1 heterocycles. The van der Waals surface area contributed by atoms with Crippen LogP contribution in [0.3, 0.4) is 0 Å². The first-order chi connectivity index (χ1) is 9.65. The topological polar surface area (TPSA) is 15.3 Å². The molecule has 112 valence electrons. The molecule has 1 aliphatic heterocycles. The van der Waals surface area contributed by atoms with E-state index in [0.29, 0.717) is 12.5 Å². The first-order valence-corrected chi connectivity index (χ1v) is 7.52.